The van der Waals surface area contributed by atoms with Gasteiger partial charge in [0.25, 0.3) is 0 Å². The Balaban J connectivity index is 1.65. The maximum Gasteiger partial charge on any atom is 0.230 e. The van der Waals surface area contributed by atoms with Crippen LogP contribution in [0.3, 0.4) is 0 Å². The molecule has 108 valence electrons. The lowest BCUT2D eigenvalue weighted by atomic mass is 9.87. The van der Waals surface area contributed by atoms with Crippen LogP contribution in [-0.4, -0.2) is 21.4 Å². The number of aromatic nitrogens is 2. The van der Waals surface area contributed by atoms with Gasteiger partial charge in [0.1, 0.15) is 11.8 Å². The molecule has 2 heterocycles. The maximum atomic E-state index is 9.57. The van der Waals surface area contributed by atoms with Crippen molar-refractivity contribution < 1.29 is 14.0 Å². The second-order valence-corrected chi connectivity index (χ2v) is 5.61. The molecule has 1 N–H and O–H groups in total. The molecule has 0 bridgehead atoms. The molecule has 0 aliphatic heterocycles. The van der Waals surface area contributed by atoms with E-state index in [9.17, 15) is 5.11 Å². The first-order valence-electron chi connectivity index (χ1n) is 7.29. The van der Waals surface area contributed by atoms with Gasteiger partial charge in [0.2, 0.25) is 11.7 Å². The molecule has 5 nitrogen and oxygen atoms in total. The molecular formula is C16H16N2O3. The molecule has 1 saturated carbocycles. The number of para-hydroxylation sites is 1. The summed E-state index contributed by atoms with van der Waals surface area (Å²) in [6.45, 7) is 0. The number of nitrogens with zero attached hydrogens (tertiary/aromatic N) is 2. The zero-order valence-electron chi connectivity index (χ0n) is 11.5. The van der Waals surface area contributed by atoms with E-state index in [1.165, 1.54) is 0 Å². The van der Waals surface area contributed by atoms with E-state index in [-0.39, 0.29) is 12.0 Å². The standard InChI is InChI=1S/C16H16N2O3/c19-11-7-5-10(6-8-11)16-17-15(18-21-16)13-9-20-14-4-2-1-3-12(13)14/h1-4,9-11,19H,5-8H2. The molecule has 4 rings (SSSR count). The number of aliphatic hydroxyl groups excluding tert-OH is 1. The first-order chi connectivity index (χ1) is 10.3. The molecule has 1 aliphatic rings. The second kappa shape index (κ2) is 5.00. The molecular weight excluding hydrogens is 268 g/mol. The van der Waals surface area contributed by atoms with Crippen molar-refractivity contribution in [1.82, 2.24) is 10.1 Å². The molecule has 21 heavy (non-hydrogen) atoms. The summed E-state index contributed by atoms with van der Waals surface area (Å²) >= 11 is 0. The van der Waals surface area contributed by atoms with Crippen molar-refractivity contribution in [2.24, 2.45) is 0 Å². The van der Waals surface area contributed by atoms with E-state index in [2.05, 4.69) is 10.1 Å². The Morgan fingerprint density at radius 1 is 1.10 bits per heavy atom. The van der Waals surface area contributed by atoms with Gasteiger partial charge in [-0.05, 0) is 31.7 Å². The Kier molecular flexibility index (Phi) is 3.00. The van der Waals surface area contributed by atoms with Gasteiger partial charge in [-0.1, -0.05) is 23.4 Å². The van der Waals surface area contributed by atoms with E-state index >= 15 is 0 Å². The molecule has 0 atom stereocenters. The van der Waals surface area contributed by atoms with Gasteiger partial charge in [-0.25, -0.2) is 0 Å². The van der Waals surface area contributed by atoms with Crippen LogP contribution in [0.2, 0.25) is 0 Å². The highest BCUT2D eigenvalue weighted by atomic mass is 16.5. The Bertz CT molecular complexity index is 754. The summed E-state index contributed by atoms with van der Waals surface area (Å²) in [5.41, 5.74) is 1.68. The quantitative estimate of drug-likeness (QED) is 0.779. The number of fused-ring (bicyclic) bond motifs is 1. The first kappa shape index (κ1) is 12.6. The average Bonchev–Trinajstić information content (AvgIpc) is 3.14. The van der Waals surface area contributed by atoms with Gasteiger partial charge in [-0.3, -0.25) is 0 Å². The molecule has 0 spiro atoms. The number of rotatable bonds is 2. The number of hydrogen-bond donors (Lipinski definition) is 1. The van der Waals surface area contributed by atoms with E-state index < -0.39 is 0 Å². The topological polar surface area (TPSA) is 72.3 Å². The third kappa shape index (κ3) is 2.23. The lowest BCUT2D eigenvalue weighted by Gasteiger charge is -2.22. The van der Waals surface area contributed by atoms with Crippen molar-refractivity contribution >= 4 is 11.0 Å². The molecule has 1 fully saturated rings. The molecule has 1 aliphatic carbocycles. The van der Waals surface area contributed by atoms with Gasteiger partial charge >= 0.3 is 0 Å². The largest absolute Gasteiger partial charge is 0.464 e. The number of aliphatic hydroxyl groups is 1. The smallest absolute Gasteiger partial charge is 0.230 e. The van der Waals surface area contributed by atoms with Crippen LogP contribution in [-0.2, 0) is 0 Å². The maximum absolute atomic E-state index is 9.57. The van der Waals surface area contributed by atoms with E-state index in [0.717, 1.165) is 42.2 Å². The zero-order chi connectivity index (χ0) is 14.2. The van der Waals surface area contributed by atoms with Crippen molar-refractivity contribution in [3.8, 4) is 11.4 Å². The van der Waals surface area contributed by atoms with Crippen LogP contribution in [0, 0.1) is 0 Å². The van der Waals surface area contributed by atoms with Crippen molar-refractivity contribution in [1.29, 1.82) is 0 Å². The van der Waals surface area contributed by atoms with Gasteiger partial charge in [0, 0.05) is 11.3 Å². The highest BCUT2D eigenvalue weighted by molar-refractivity contribution is 5.91. The third-order valence-electron chi connectivity index (χ3n) is 4.21. The van der Waals surface area contributed by atoms with Crippen LogP contribution in [0.5, 0.6) is 0 Å². The SMILES string of the molecule is OC1CCC(c2nc(-c3coc4ccccc34)no2)CC1. The minimum atomic E-state index is -0.179. The lowest BCUT2D eigenvalue weighted by Crippen LogP contribution is -2.17. The molecule has 3 aromatic rings. The average molecular weight is 284 g/mol. The molecule has 2 aromatic heterocycles. The van der Waals surface area contributed by atoms with Gasteiger partial charge in [0.05, 0.1) is 11.7 Å². The predicted molar refractivity (Wildman–Crippen MR) is 76.7 cm³/mol. The summed E-state index contributed by atoms with van der Waals surface area (Å²) in [6, 6.07) is 7.80. The summed E-state index contributed by atoms with van der Waals surface area (Å²) in [6.07, 6.45) is 4.89. The van der Waals surface area contributed by atoms with Gasteiger partial charge in [-0.15, -0.1) is 0 Å². The summed E-state index contributed by atoms with van der Waals surface area (Å²) in [7, 11) is 0. The van der Waals surface area contributed by atoms with Crippen molar-refractivity contribution in [3.05, 3.63) is 36.4 Å². The van der Waals surface area contributed by atoms with Crippen LogP contribution in [0.25, 0.3) is 22.4 Å². The van der Waals surface area contributed by atoms with Gasteiger partial charge in [-0.2, -0.15) is 4.98 Å². The molecule has 1 aromatic carbocycles. The van der Waals surface area contributed by atoms with Crippen molar-refractivity contribution in [3.63, 3.8) is 0 Å². The molecule has 0 unspecified atom stereocenters. The highest BCUT2D eigenvalue weighted by Crippen LogP contribution is 2.34. The van der Waals surface area contributed by atoms with Crippen molar-refractivity contribution in [2.75, 3.05) is 0 Å². The first-order valence-corrected chi connectivity index (χ1v) is 7.29. The summed E-state index contributed by atoms with van der Waals surface area (Å²) < 4.78 is 10.9. The molecule has 5 heteroatoms. The molecule has 0 amide bonds. The lowest BCUT2D eigenvalue weighted by molar-refractivity contribution is 0.116. The Hall–Kier alpha value is -2.14. The molecule has 0 saturated heterocycles. The van der Waals surface area contributed by atoms with Crippen LogP contribution in [0.1, 0.15) is 37.5 Å². The fourth-order valence-electron chi connectivity index (χ4n) is 2.98. The Labute approximate surface area is 121 Å². The number of furan rings is 1. The normalized spacial score (nSPS) is 22.7. The summed E-state index contributed by atoms with van der Waals surface area (Å²) in [5.74, 6) is 1.50. The van der Waals surface area contributed by atoms with Gasteiger partial charge in [0.15, 0.2) is 0 Å². The van der Waals surface area contributed by atoms with Crippen LogP contribution in [0.15, 0.2) is 39.5 Å². The van der Waals surface area contributed by atoms with E-state index in [0.29, 0.717) is 11.7 Å². The van der Waals surface area contributed by atoms with Crippen LogP contribution < -0.4 is 0 Å². The number of hydrogen-bond acceptors (Lipinski definition) is 5. The second-order valence-electron chi connectivity index (χ2n) is 5.61. The predicted octanol–water partition coefficient (Wildman–Crippen LogP) is 3.50. The van der Waals surface area contributed by atoms with Gasteiger partial charge < -0.3 is 14.0 Å². The third-order valence-corrected chi connectivity index (χ3v) is 4.21. The summed E-state index contributed by atoms with van der Waals surface area (Å²) in [5, 5.41) is 14.7. The highest BCUT2D eigenvalue weighted by Gasteiger charge is 2.26. The minimum absolute atomic E-state index is 0.179. The zero-order valence-corrected chi connectivity index (χ0v) is 11.5. The Morgan fingerprint density at radius 3 is 2.76 bits per heavy atom. The number of benzene rings is 1. The van der Waals surface area contributed by atoms with Crippen LogP contribution in [0.4, 0.5) is 0 Å². The van der Waals surface area contributed by atoms with Crippen molar-refractivity contribution in [2.45, 2.75) is 37.7 Å². The fraction of sp³-hybridized carbons (Fsp3) is 0.375. The minimum Gasteiger partial charge on any atom is -0.464 e. The monoisotopic (exact) mass is 284 g/mol. The van der Waals surface area contributed by atoms with E-state index in [1.807, 2.05) is 24.3 Å². The fourth-order valence-corrected chi connectivity index (χ4v) is 2.98. The van der Waals surface area contributed by atoms with Crippen LogP contribution >= 0.6 is 0 Å². The summed E-state index contributed by atoms with van der Waals surface area (Å²) in [4.78, 5) is 4.53. The molecule has 0 radical (unpaired) electrons. The Morgan fingerprint density at radius 2 is 1.90 bits per heavy atom. The van der Waals surface area contributed by atoms with E-state index in [1.54, 1.807) is 6.26 Å². The van der Waals surface area contributed by atoms with E-state index in [4.69, 9.17) is 8.94 Å².